The predicted octanol–water partition coefficient (Wildman–Crippen LogP) is 3.71. The van der Waals surface area contributed by atoms with Gasteiger partial charge in [0.15, 0.2) is 11.6 Å². The molecule has 0 amide bonds. The molecule has 7 heteroatoms. The van der Waals surface area contributed by atoms with E-state index in [0.717, 1.165) is 11.9 Å². The van der Waals surface area contributed by atoms with Crippen molar-refractivity contribution in [3.63, 3.8) is 0 Å². The summed E-state index contributed by atoms with van der Waals surface area (Å²) in [5.41, 5.74) is 0.522. The molecule has 2 aromatic rings. The molecule has 0 fully saturated rings. The van der Waals surface area contributed by atoms with Crippen LogP contribution in [0.25, 0.3) is 0 Å². The van der Waals surface area contributed by atoms with E-state index in [2.05, 4.69) is 14.7 Å². The highest BCUT2D eigenvalue weighted by Crippen LogP contribution is 2.30. The van der Waals surface area contributed by atoms with Gasteiger partial charge in [-0.25, -0.2) is 14.4 Å². The highest BCUT2D eigenvalue weighted by atomic mass is 35.5. The molecule has 0 saturated carbocycles. The summed E-state index contributed by atoms with van der Waals surface area (Å²) in [5, 5.41) is 0.475. The number of aryl methyl sites for hydroxylation is 1. The standard InChI is InChI=1S/C12H11ClFN3OS/c1-7-3-4-15-11(10(7)14)17-19-9-5-8(13)6-16-12(9)18-2/h3-6H,1-2H3,(H,15,17). The number of pyridine rings is 2. The monoisotopic (exact) mass is 299 g/mol. The second-order valence-electron chi connectivity index (χ2n) is 3.66. The van der Waals surface area contributed by atoms with Crippen molar-refractivity contribution >= 4 is 29.4 Å². The van der Waals surface area contributed by atoms with Crippen LogP contribution in [-0.4, -0.2) is 17.1 Å². The summed E-state index contributed by atoms with van der Waals surface area (Å²) in [6, 6.07) is 3.28. The first-order valence-corrected chi connectivity index (χ1v) is 6.54. The van der Waals surface area contributed by atoms with Crippen molar-refractivity contribution in [1.29, 1.82) is 0 Å². The van der Waals surface area contributed by atoms with E-state index < -0.39 is 0 Å². The normalized spacial score (nSPS) is 10.3. The second kappa shape index (κ2) is 6.08. The average Bonchev–Trinajstić information content (AvgIpc) is 2.40. The highest BCUT2D eigenvalue weighted by molar-refractivity contribution is 8.00. The van der Waals surface area contributed by atoms with E-state index in [4.69, 9.17) is 16.3 Å². The van der Waals surface area contributed by atoms with Gasteiger partial charge in [0, 0.05) is 12.4 Å². The van der Waals surface area contributed by atoms with Gasteiger partial charge in [0.1, 0.15) is 0 Å². The molecule has 4 nitrogen and oxygen atoms in total. The van der Waals surface area contributed by atoms with Crippen LogP contribution < -0.4 is 9.46 Å². The van der Waals surface area contributed by atoms with Gasteiger partial charge in [0.2, 0.25) is 5.88 Å². The summed E-state index contributed by atoms with van der Waals surface area (Å²) < 4.78 is 21.7. The van der Waals surface area contributed by atoms with E-state index in [1.165, 1.54) is 19.5 Å². The van der Waals surface area contributed by atoms with E-state index in [9.17, 15) is 4.39 Å². The maximum atomic E-state index is 13.8. The lowest BCUT2D eigenvalue weighted by molar-refractivity contribution is 0.387. The Labute approximate surface area is 119 Å². The Kier molecular flexibility index (Phi) is 4.44. The molecule has 0 atom stereocenters. The molecule has 0 aliphatic carbocycles. The van der Waals surface area contributed by atoms with Crippen molar-refractivity contribution < 1.29 is 9.13 Å². The fourth-order valence-corrected chi connectivity index (χ4v) is 2.33. The summed E-state index contributed by atoms with van der Waals surface area (Å²) >= 11 is 7.00. The molecule has 2 rings (SSSR count). The number of anilines is 1. The third-order valence-corrected chi connectivity index (χ3v) is 3.33. The van der Waals surface area contributed by atoms with Gasteiger partial charge in [-0.3, -0.25) is 0 Å². The lowest BCUT2D eigenvalue weighted by Gasteiger charge is -2.09. The molecular formula is C12H11ClFN3OS. The van der Waals surface area contributed by atoms with Crippen LogP contribution in [0.15, 0.2) is 29.4 Å². The lowest BCUT2D eigenvalue weighted by Crippen LogP contribution is -1.98. The molecule has 100 valence electrons. The van der Waals surface area contributed by atoms with Gasteiger partial charge in [-0.2, -0.15) is 0 Å². The molecule has 2 aromatic heterocycles. The van der Waals surface area contributed by atoms with Gasteiger partial charge in [0.05, 0.1) is 17.0 Å². The quantitative estimate of drug-likeness (QED) is 0.872. The smallest absolute Gasteiger partial charge is 0.228 e. The Morgan fingerprint density at radius 1 is 1.42 bits per heavy atom. The highest BCUT2D eigenvalue weighted by Gasteiger charge is 2.10. The molecule has 0 radical (unpaired) electrons. The molecular weight excluding hydrogens is 289 g/mol. The van der Waals surface area contributed by atoms with Crippen LogP contribution in [0.1, 0.15) is 5.56 Å². The maximum Gasteiger partial charge on any atom is 0.228 e. The Hall–Kier alpha value is -1.53. The summed E-state index contributed by atoms with van der Waals surface area (Å²) in [6.07, 6.45) is 3.02. The number of halogens is 2. The van der Waals surface area contributed by atoms with E-state index in [0.29, 0.717) is 21.4 Å². The van der Waals surface area contributed by atoms with Crippen molar-refractivity contribution in [2.75, 3.05) is 11.8 Å². The van der Waals surface area contributed by atoms with Crippen LogP contribution in [0.4, 0.5) is 10.2 Å². The zero-order valence-corrected chi connectivity index (χ0v) is 11.8. The van der Waals surface area contributed by atoms with Gasteiger partial charge in [0.25, 0.3) is 0 Å². The van der Waals surface area contributed by atoms with E-state index in [1.807, 2.05) is 0 Å². The van der Waals surface area contributed by atoms with E-state index in [-0.39, 0.29) is 11.6 Å². The van der Waals surface area contributed by atoms with Crippen LogP contribution in [-0.2, 0) is 0 Å². The number of nitrogens with zero attached hydrogens (tertiary/aromatic N) is 2. The van der Waals surface area contributed by atoms with Crippen LogP contribution in [0.2, 0.25) is 5.02 Å². The first kappa shape index (κ1) is 13.9. The third-order valence-electron chi connectivity index (χ3n) is 2.32. The van der Waals surface area contributed by atoms with Crippen LogP contribution in [0.3, 0.4) is 0 Å². The molecule has 0 spiro atoms. The van der Waals surface area contributed by atoms with E-state index in [1.54, 1.807) is 19.1 Å². The summed E-state index contributed by atoms with van der Waals surface area (Å²) in [7, 11) is 1.51. The largest absolute Gasteiger partial charge is 0.480 e. The number of methoxy groups -OCH3 is 1. The number of nitrogens with one attached hydrogen (secondary N) is 1. The third kappa shape index (κ3) is 3.27. The predicted molar refractivity (Wildman–Crippen MR) is 74.2 cm³/mol. The second-order valence-corrected chi connectivity index (χ2v) is 4.94. The van der Waals surface area contributed by atoms with Crippen molar-refractivity contribution in [1.82, 2.24) is 9.97 Å². The van der Waals surface area contributed by atoms with Crippen molar-refractivity contribution in [2.24, 2.45) is 0 Å². The molecule has 2 heterocycles. The minimum absolute atomic E-state index is 0.159. The number of aromatic nitrogens is 2. The van der Waals surface area contributed by atoms with Gasteiger partial charge < -0.3 is 9.46 Å². The van der Waals surface area contributed by atoms with Gasteiger partial charge in [-0.05, 0) is 36.6 Å². The fraction of sp³-hybridized carbons (Fsp3) is 0.167. The molecule has 0 aliphatic heterocycles. The molecule has 0 unspecified atom stereocenters. The molecule has 19 heavy (non-hydrogen) atoms. The van der Waals surface area contributed by atoms with Crippen molar-refractivity contribution in [3.05, 3.63) is 40.9 Å². The summed E-state index contributed by atoms with van der Waals surface area (Å²) in [5.74, 6) is 0.186. The Bertz CT molecular complexity index is 597. The molecule has 0 saturated heterocycles. The van der Waals surface area contributed by atoms with Crippen LogP contribution >= 0.6 is 23.5 Å². The van der Waals surface area contributed by atoms with E-state index >= 15 is 0 Å². The van der Waals surface area contributed by atoms with Crippen molar-refractivity contribution in [2.45, 2.75) is 11.8 Å². The van der Waals surface area contributed by atoms with Gasteiger partial charge >= 0.3 is 0 Å². The minimum Gasteiger partial charge on any atom is -0.480 e. The minimum atomic E-state index is -0.385. The SMILES string of the molecule is COc1ncc(Cl)cc1SNc1nccc(C)c1F. The zero-order chi connectivity index (χ0) is 13.8. The number of rotatable bonds is 4. The summed E-state index contributed by atoms with van der Waals surface area (Å²) in [4.78, 5) is 8.60. The number of hydrogen-bond donors (Lipinski definition) is 1. The van der Waals surface area contributed by atoms with Crippen LogP contribution in [0.5, 0.6) is 5.88 Å². The molecule has 0 aliphatic rings. The first-order chi connectivity index (χ1) is 9.11. The maximum absolute atomic E-state index is 13.8. The zero-order valence-electron chi connectivity index (χ0n) is 10.3. The van der Waals surface area contributed by atoms with Gasteiger partial charge in [-0.1, -0.05) is 11.6 Å². The fourth-order valence-electron chi connectivity index (χ4n) is 1.35. The average molecular weight is 300 g/mol. The molecule has 0 aromatic carbocycles. The summed E-state index contributed by atoms with van der Waals surface area (Å²) in [6.45, 7) is 1.67. The van der Waals surface area contributed by atoms with Crippen molar-refractivity contribution in [3.8, 4) is 5.88 Å². The molecule has 0 bridgehead atoms. The Morgan fingerprint density at radius 3 is 2.95 bits per heavy atom. The number of ether oxygens (including phenoxy) is 1. The molecule has 1 N–H and O–H groups in total. The number of hydrogen-bond acceptors (Lipinski definition) is 5. The lowest BCUT2D eigenvalue weighted by atomic mass is 10.3. The topological polar surface area (TPSA) is 47.0 Å². The van der Waals surface area contributed by atoms with Crippen LogP contribution in [0, 0.1) is 12.7 Å². The Morgan fingerprint density at radius 2 is 2.21 bits per heavy atom. The first-order valence-electron chi connectivity index (χ1n) is 5.35. The van der Waals surface area contributed by atoms with Gasteiger partial charge in [-0.15, -0.1) is 0 Å². The Balaban J connectivity index is 2.18.